The molecule has 1 N–H and O–H groups in total. The number of benzene rings is 2. The molecule has 1 amide bonds. The van der Waals surface area contributed by atoms with Crippen molar-refractivity contribution in [2.45, 2.75) is 18.7 Å². The first-order valence-electron chi connectivity index (χ1n) is 7.63. The average Bonchev–Trinajstić information content (AvgIpc) is 2.62. The van der Waals surface area contributed by atoms with Crippen LogP contribution in [0.4, 0.5) is 5.69 Å². The zero-order chi connectivity index (χ0) is 18.4. The third-order valence-electron chi connectivity index (χ3n) is 3.40. The average molecular weight is 380 g/mol. The van der Waals surface area contributed by atoms with Gasteiger partial charge in [0.1, 0.15) is 0 Å². The first-order valence-corrected chi connectivity index (χ1v) is 9.32. The fraction of sp³-hybridized carbons (Fsp3) is 0.222. The van der Waals surface area contributed by atoms with Gasteiger partial charge in [0.15, 0.2) is 6.61 Å². The zero-order valence-electron chi connectivity index (χ0n) is 13.9. The van der Waals surface area contributed by atoms with Crippen LogP contribution in [0.5, 0.6) is 0 Å². The molecule has 0 aliphatic heterocycles. The molecule has 2 aromatic carbocycles. The highest BCUT2D eigenvalue weighted by atomic mass is 35.5. The van der Waals surface area contributed by atoms with Crippen LogP contribution in [0.1, 0.15) is 22.8 Å². The molecule has 0 radical (unpaired) electrons. The van der Waals surface area contributed by atoms with Gasteiger partial charge in [-0.2, -0.15) is 0 Å². The Bertz CT molecular complexity index is 822. The molecule has 0 spiro atoms. The first kappa shape index (κ1) is 19.1. The predicted octanol–water partition coefficient (Wildman–Crippen LogP) is 3.57. The maximum Gasteiger partial charge on any atom is 0.339 e. The van der Waals surface area contributed by atoms with E-state index < -0.39 is 29.3 Å². The van der Waals surface area contributed by atoms with E-state index in [1.54, 1.807) is 43.3 Å². The monoisotopic (exact) mass is 379 g/mol. The highest BCUT2D eigenvalue weighted by Gasteiger charge is 2.17. The number of esters is 1. The summed E-state index contributed by atoms with van der Waals surface area (Å²) in [6.45, 7) is 3.17. The molecule has 1 atom stereocenters. The summed E-state index contributed by atoms with van der Waals surface area (Å²) in [5, 5.41) is 3.14. The number of carbonyl (C=O) groups excluding carboxylic acids is 2. The van der Waals surface area contributed by atoms with Crippen LogP contribution in [0.2, 0.25) is 5.02 Å². The van der Waals surface area contributed by atoms with Gasteiger partial charge in [-0.25, -0.2) is 4.79 Å². The van der Waals surface area contributed by atoms with Gasteiger partial charge >= 0.3 is 5.97 Å². The Morgan fingerprint density at radius 3 is 2.60 bits per heavy atom. The van der Waals surface area contributed by atoms with Crippen molar-refractivity contribution in [3.8, 4) is 0 Å². The second-order valence-electron chi connectivity index (χ2n) is 5.22. The molecule has 2 aromatic rings. The van der Waals surface area contributed by atoms with Gasteiger partial charge in [0.05, 0.1) is 21.3 Å². The van der Waals surface area contributed by atoms with Crippen LogP contribution in [-0.4, -0.2) is 28.4 Å². The number of nitrogens with one attached hydrogen (secondary N) is 1. The Morgan fingerprint density at radius 1 is 1.20 bits per heavy atom. The lowest BCUT2D eigenvalue weighted by Crippen LogP contribution is -2.21. The number of hydrogen-bond acceptors (Lipinski definition) is 4. The van der Waals surface area contributed by atoms with Gasteiger partial charge < -0.3 is 10.1 Å². The minimum Gasteiger partial charge on any atom is -0.452 e. The molecule has 132 valence electrons. The molecule has 0 fully saturated rings. The molecule has 0 aliphatic carbocycles. The summed E-state index contributed by atoms with van der Waals surface area (Å²) in [7, 11) is -1.29. The summed E-state index contributed by atoms with van der Waals surface area (Å²) in [5.41, 5.74) is 1.62. The van der Waals surface area contributed by atoms with Gasteiger partial charge in [0, 0.05) is 16.5 Å². The maximum atomic E-state index is 12.2. The van der Waals surface area contributed by atoms with Gasteiger partial charge in [-0.15, -0.1) is 0 Å². The molecule has 0 saturated heterocycles. The zero-order valence-corrected chi connectivity index (χ0v) is 15.4. The first-order chi connectivity index (χ1) is 11.9. The van der Waals surface area contributed by atoms with Gasteiger partial charge in [0.25, 0.3) is 5.91 Å². The van der Waals surface area contributed by atoms with Gasteiger partial charge in [-0.1, -0.05) is 36.7 Å². The topological polar surface area (TPSA) is 72.5 Å². The molecule has 0 heterocycles. The molecule has 0 saturated carbocycles. The molecule has 0 unspecified atom stereocenters. The second-order valence-corrected chi connectivity index (χ2v) is 7.33. The van der Waals surface area contributed by atoms with Crippen molar-refractivity contribution in [3.63, 3.8) is 0 Å². The third kappa shape index (κ3) is 5.14. The number of anilines is 1. The largest absolute Gasteiger partial charge is 0.452 e. The molecule has 0 aliphatic rings. The lowest BCUT2D eigenvalue weighted by Gasteiger charge is -2.10. The lowest BCUT2D eigenvalue weighted by molar-refractivity contribution is -0.119. The van der Waals surface area contributed by atoms with E-state index in [1.807, 2.05) is 6.92 Å². The Labute approximate surface area is 153 Å². The molecular weight excluding hydrogens is 362 g/mol. The summed E-state index contributed by atoms with van der Waals surface area (Å²) in [5.74, 6) is -0.782. The van der Waals surface area contributed by atoms with Gasteiger partial charge in [0.2, 0.25) is 0 Å². The Morgan fingerprint density at radius 2 is 1.92 bits per heavy atom. The summed E-state index contributed by atoms with van der Waals surface area (Å²) < 4.78 is 17.0. The van der Waals surface area contributed by atoms with Crippen LogP contribution in [0.15, 0.2) is 47.4 Å². The number of hydrogen-bond donors (Lipinski definition) is 1. The van der Waals surface area contributed by atoms with Crippen LogP contribution in [0.25, 0.3) is 0 Å². The predicted molar refractivity (Wildman–Crippen MR) is 98.5 cm³/mol. The molecule has 7 heteroatoms. The molecule has 0 bridgehead atoms. The highest BCUT2D eigenvalue weighted by molar-refractivity contribution is 7.85. The molecule has 25 heavy (non-hydrogen) atoms. The normalized spacial score (nSPS) is 11.6. The number of ether oxygens (including phenoxy) is 1. The van der Waals surface area contributed by atoms with Crippen LogP contribution < -0.4 is 5.32 Å². The fourth-order valence-corrected chi connectivity index (χ4v) is 3.18. The number of amides is 1. The molecule has 5 nitrogen and oxygen atoms in total. The van der Waals surface area contributed by atoms with Crippen molar-refractivity contribution in [1.82, 2.24) is 0 Å². The van der Waals surface area contributed by atoms with E-state index in [4.69, 9.17) is 16.3 Å². The Balaban J connectivity index is 1.99. The van der Waals surface area contributed by atoms with Crippen molar-refractivity contribution in [2.75, 3.05) is 17.7 Å². The minimum absolute atomic E-state index is 0.203. The highest BCUT2D eigenvalue weighted by Crippen LogP contribution is 2.20. The van der Waals surface area contributed by atoms with E-state index in [9.17, 15) is 13.8 Å². The van der Waals surface area contributed by atoms with E-state index in [0.717, 1.165) is 5.56 Å². The van der Waals surface area contributed by atoms with Crippen molar-refractivity contribution in [3.05, 3.63) is 58.6 Å². The van der Waals surface area contributed by atoms with E-state index in [2.05, 4.69) is 5.32 Å². The van der Waals surface area contributed by atoms with Crippen molar-refractivity contribution < 1.29 is 18.5 Å². The van der Waals surface area contributed by atoms with Crippen molar-refractivity contribution >= 4 is 40.0 Å². The van der Waals surface area contributed by atoms with Crippen LogP contribution >= 0.6 is 11.6 Å². The summed E-state index contributed by atoms with van der Waals surface area (Å²) >= 11 is 6.00. The summed E-state index contributed by atoms with van der Waals surface area (Å²) in [4.78, 5) is 24.5. The molecule has 0 aromatic heterocycles. The number of rotatable bonds is 6. The molecular formula is C18H18ClNO4S. The lowest BCUT2D eigenvalue weighted by atomic mass is 10.2. The maximum absolute atomic E-state index is 12.2. The Hall–Kier alpha value is -2.18. The van der Waals surface area contributed by atoms with Crippen LogP contribution in [0.3, 0.4) is 0 Å². The Kier molecular flexibility index (Phi) is 6.73. The summed E-state index contributed by atoms with van der Waals surface area (Å²) in [6.07, 6.45) is 0. The van der Waals surface area contributed by atoms with Gasteiger partial charge in [-0.3, -0.25) is 9.00 Å². The quantitative estimate of drug-likeness (QED) is 0.779. The van der Waals surface area contributed by atoms with E-state index in [-0.39, 0.29) is 5.56 Å². The second kappa shape index (κ2) is 8.78. The number of carbonyl (C=O) groups is 2. The minimum atomic E-state index is -1.29. The molecule has 2 rings (SSSR count). The summed E-state index contributed by atoms with van der Waals surface area (Å²) in [6, 6.07) is 11.6. The third-order valence-corrected chi connectivity index (χ3v) is 5.18. The smallest absolute Gasteiger partial charge is 0.339 e. The van der Waals surface area contributed by atoms with Crippen LogP contribution in [-0.2, 0) is 20.3 Å². The van der Waals surface area contributed by atoms with E-state index in [1.165, 1.54) is 6.07 Å². The van der Waals surface area contributed by atoms with Crippen LogP contribution in [0, 0.1) is 6.92 Å². The van der Waals surface area contributed by atoms with Crippen molar-refractivity contribution in [2.24, 2.45) is 0 Å². The van der Waals surface area contributed by atoms with E-state index in [0.29, 0.717) is 21.4 Å². The number of halogens is 1. The SMILES string of the molecule is CC[S@@](=O)c1ccccc1C(=O)OCC(=O)Nc1ccc(C)c(Cl)c1. The van der Waals surface area contributed by atoms with Gasteiger partial charge in [-0.05, 0) is 36.8 Å². The van der Waals surface area contributed by atoms with E-state index >= 15 is 0 Å². The number of aryl methyl sites for hydroxylation is 1. The fourth-order valence-electron chi connectivity index (χ4n) is 2.07. The van der Waals surface area contributed by atoms with Crippen molar-refractivity contribution in [1.29, 1.82) is 0 Å². The standard InChI is InChI=1S/C18H18ClNO4S/c1-3-25(23)16-7-5-4-6-14(16)18(22)24-11-17(21)20-13-9-8-12(2)15(19)10-13/h4-10H,3,11H2,1-2H3,(H,20,21)/t25-/m1/s1.